The summed E-state index contributed by atoms with van der Waals surface area (Å²) in [6.07, 6.45) is 1.83. The Morgan fingerprint density at radius 3 is 2.58 bits per heavy atom. The van der Waals surface area contributed by atoms with Crippen LogP contribution in [0.25, 0.3) is 0 Å². The molecule has 100 valence electrons. The lowest BCUT2D eigenvalue weighted by Crippen LogP contribution is -2.13. The van der Waals surface area contributed by atoms with Crippen LogP contribution in [0, 0.1) is 6.92 Å². The molecule has 0 saturated carbocycles. The van der Waals surface area contributed by atoms with Gasteiger partial charge in [0, 0.05) is 13.2 Å². The predicted octanol–water partition coefficient (Wildman–Crippen LogP) is 3.68. The molecule has 2 rings (SSSR count). The molecule has 0 aliphatic rings. The van der Waals surface area contributed by atoms with Gasteiger partial charge < -0.3 is 9.30 Å². The van der Waals surface area contributed by atoms with E-state index in [9.17, 15) is 4.79 Å². The van der Waals surface area contributed by atoms with E-state index in [0.717, 1.165) is 11.1 Å². The van der Waals surface area contributed by atoms with Gasteiger partial charge in [0.05, 0.1) is 0 Å². The fourth-order valence-electron chi connectivity index (χ4n) is 2.03. The summed E-state index contributed by atoms with van der Waals surface area (Å²) in [7, 11) is 1.83. The van der Waals surface area contributed by atoms with Crippen LogP contribution in [-0.4, -0.2) is 10.5 Å². The normalized spacial score (nSPS) is 10.8. The molecule has 0 atom stereocenters. The number of rotatable bonds is 3. The average molecular weight is 257 g/mol. The van der Waals surface area contributed by atoms with E-state index in [1.165, 1.54) is 0 Å². The molecule has 0 radical (unpaired) electrons. The second kappa shape index (κ2) is 5.31. The standard InChI is InChI=1S/C16H19NO2/c1-11(2)13-8-7-12(3)10-15(13)19-16(18)14-6-5-9-17(14)4/h5-11H,1-4H3. The van der Waals surface area contributed by atoms with E-state index < -0.39 is 0 Å². The SMILES string of the molecule is Cc1ccc(C(C)C)c(OC(=O)c2cccn2C)c1. The Labute approximate surface area is 113 Å². The molecule has 1 heterocycles. The molecule has 0 fully saturated rings. The molecular formula is C16H19NO2. The summed E-state index contributed by atoms with van der Waals surface area (Å²) in [5.74, 6) is 0.651. The largest absolute Gasteiger partial charge is 0.422 e. The Morgan fingerprint density at radius 2 is 2.00 bits per heavy atom. The maximum Gasteiger partial charge on any atom is 0.360 e. The fourth-order valence-corrected chi connectivity index (χ4v) is 2.03. The summed E-state index contributed by atoms with van der Waals surface area (Å²) in [5, 5.41) is 0. The third kappa shape index (κ3) is 2.87. The number of carbonyl (C=O) groups is 1. The van der Waals surface area contributed by atoms with Gasteiger partial charge in [-0.25, -0.2) is 4.79 Å². The monoisotopic (exact) mass is 257 g/mol. The molecule has 0 aliphatic heterocycles. The van der Waals surface area contributed by atoms with E-state index in [0.29, 0.717) is 17.4 Å². The molecule has 2 aromatic rings. The Hall–Kier alpha value is -2.03. The molecule has 0 aliphatic carbocycles. The minimum atomic E-state index is -0.319. The molecule has 19 heavy (non-hydrogen) atoms. The first-order chi connectivity index (χ1) is 8.99. The average Bonchev–Trinajstić information content (AvgIpc) is 2.75. The molecule has 3 nitrogen and oxygen atoms in total. The van der Waals surface area contributed by atoms with Crippen molar-refractivity contribution in [2.75, 3.05) is 0 Å². The lowest BCUT2D eigenvalue weighted by molar-refractivity contribution is 0.0723. The van der Waals surface area contributed by atoms with E-state index in [-0.39, 0.29) is 5.97 Å². The lowest BCUT2D eigenvalue weighted by atomic mass is 10.0. The summed E-state index contributed by atoms with van der Waals surface area (Å²) in [6.45, 7) is 6.17. The quantitative estimate of drug-likeness (QED) is 0.620. The molecule has 1 aromatic carbocycles. The Bertz CT molecular complexity index is 597. The van der Waals surface area contributed by atoms with Gasteiger partial charge in [0.25, 0.3) is 0 Å². The molecule has 0 unspecified atom stereocenters. The minimum absolute atomic E-state index is 0.316. The number of hydrogen-bond donors (Lipinski definition) is 0. The van der Waals surface area contributed by atoms with Crippen molar-refractivity contribution in [3.05, 3.63) is 53.3 Å². The van der Waals surface area contributed by atoms with Crippen molar-refractivity contribution in [2.24, 2.45) is 7.05 Å². The van der Waals surface area contributed by atoms with Crippen molar-refractivity contribution in [1.29, 1.82) is 0 Å². The Kier molecular flexibility index (Phi) is 3.74. The highest BCUT2D eigenvalue weighted by Crippen LogP contribution is 2.28. The third-order valence-electron chi connectivity index (χ3n) is 3.15. The first kappa shape index (κ1) is 13.4. The summed E-state index contributed by atoms with van der Waals surface area (Å²) >= 11 is 0. The van der Waals surface area contributed by atoms with Crippen LogP contribution in [0.3, 0.4) is 0 Å². The number of hydrogen-bond acceptors (Lipinski definition) is 2. The van der Waals surface area contributed by atoms with Gasteiger partial charge in [0.1, 0.15) is 11.4 Å². The molecule has 0 spiro atoms. The molecule has 0 amide bonds. The third-order valence-corrected chi connectivity index (χ3v) is 3.15. The van der Waals surface area contributed by atoms with Crippen molar-refractivity contribution in [1.82, 2.24) is 4.57 Å². The molecule has 0 saturated heterocycles. The van der Waals surface area contributed by atoms with Crippen LogP contribution in [0.15, 0.2) is 36.5 Å². The second-order valence-corrected chi connectivity index (χ2v) is 5.09. The van der Waals surface area contributed by atoms with Gasteiger partial charge in [0.15, 0.2) is 0 Å². The first-order valence-corrected chi connectivity index (χ1v) is 6.43. The van der Waals surface area contributed by atoms with Gasteiger partial charge in [-0.1, -0.05) is 26.0 Å². The van der Waals surface area contributed by atoms with Crippen molar-refractivity contribution >= 4 is 5.97 Å². The van der Waals surface area contributed by atoms with Crippen LogP contribution in [0.4, 0.5) is 0 Å². The lowest BCUT2D eigenvalue weighted by Gasteiger charge is -2.13. The van der Waals surface area contributed by atoms with Crippen LogP contribution in [-0.2, 0) is 7.05 Å². The van der Waals surface area contributed by atoms with Crippen LogP contribution < -0.4 is 4.74 Å². The smallest absolute Gasteiger partial charge is 0.360 e. The number of benzene rings is 1. The maximum atomic E-state index is 12.1. The predicted molar refractivity (Wildman–Crippen MR) is 75.6 cm³/mol. The zero-order valence-corrected chi connectivity index (χ0v) is 11.8. The van der Waals surface area contributed by atoms with Crippen molar-refractivity contribution < 1.29 is 9.53 Å². The first-order valence-electron chi connectivity index (χ1n) is 6.43. The van der Waals surface area contributed by atoms with Gasteiger partial charge in [0.2, 0.25) is 0 Å². The molecule has 0 bridgehead atoms. The zero-order valence-electron chi connectivity index (χ0n) is 11.8. The van der Waals surface area contributed by atoms with Crippen LogP contribution >= 0.6 is 0 Å². The van der Waals surface area contributed by atoms with Gasteiger partial charge in [-0.05, 0) is 42.2 Å². The molecule has 1 aromatic heterocycles. The molecule has 0 N–H and O–H groups in total. The highest BCUT2D eigenvalue weighted by molar-refractivity contribution is 5.89. The van der Waals surface area contributed by atoms with Gasteiger partial charge in [-0.3, -0.25) is 0 Å². The Balaban J connectivity index is 2.31. The number of esters is 1. The minimum Gasteiger partial charge on any atom is -0.422 e. The van der Waals surface area contributed by atoms with Gasteiger partial charge >= 0.3 is 5.97 Å². The summed E-state index contributed by atoms with van der Waals surface area (Å²) in [5.41, 5.74) is 2.68. The summed E-state index contributed by atoms with van der Waals surface area (Å²) in [4.78, 5) is 12.1. The fraction of sp³-hybridized carbons (Fsp3) is 0.312. The number of carbonyl (C=O) groups excluding carboxylic acids is 1. The summed E-state index contributed by atoms with van der Waals surface area (Å²) < 4.78 is 7.31. The summed E-state index contributed by atoms with van der Waals surface area (Å²) in [6, 6.07) is 9.56. The highest BCUT2D eigenvalue weighted by atomic mass is 16.5. The highest BCUT2D eigenvalue weighted by Gasteiger charge is 2.15. The van der Waals surface area contributed by atoms with E-state index >= 15 is 0 Å². The topological polar surface area (TPSA) is 31.2 Å². The Morgan fingerprint density at radius 1 is 1.26 bits per heavy atom. The molecule has 3 heteroatoms. The van der Waals surface area contributed by atoms with Crippen molar-refractivity contribution in [3.8, 4) is 5.75 Å². The van der Waals surface area contributed by atoms with E-state index in [2.05, 4.69) is 13.8 Å². The van der Waals surface area contributed by atoms with E-state index in [4.69, 9.17) is 4.74 Å². The molecular weight excluding hydrogens is 238 g/mol. The van der Waals surface area contributed by atoms with Gasteiger partial charge in [-0.2, -0.15) is 0 Å². The zero-order chi connectivity index (χ0) is 14.0. The van der Waals surface area contributed by atoms with E-state index in [1.54, 1.807) is 10.6 Å². The van der Waals surface area contributed by atoms with E-state index in [1.807, 2.05) is 44.4 Å². The van der Waals surface area contributed by atoms with Crippen molar-refractivity contribution in [2.45, 2.75) is 26.7 Å². The number of aryl methyl sites for hydroxylation is 2. The number of ether oxygens (including phenoxy) is 1. The number of nitrogens with zero attached hydrogens (tertiary/aromatic N) is 1. The van der Waals surface area contributed by atoms with Crippen molar-refractivity contribution in [3.63, 3.8) is 0 Å². The van der Waals surface area contributed by atoms with Crippen LogP contribution in [0.5, 0.6) is 5.75 Å². The maximum absolute atomic E-state index is 12.1. The van der Waals surface area contributed by atoms with Gasteiger partial charge in [-0.15, -0.1) is 0 Å². The van der Waals surface area contributed by atoms with Crippen LogP contribution in [0.2, 0.25) is 0 Å². The van der Waals surface area contributed by atoms with Crippen LogP contribution in [0.1, 0.15) is 41.4 Å². The number of aromatic nitrogens is 1. The second-order valence-electron chi connectivity index (χ2n) is 5.09.